The van der Waals surface area contributed by atoms with Crippen molar-refractivity contribution in [3.63, 3.8) is 0 Å². The first kappa shape index (κ1) is 19.3. The fourth-order valence-electron chi connectivity index (χ4n) is 2.56. The van der Waals surface area contributed by atoms with Crippen molar-refractivity contribution in [2.24, 2.45) is 0 Å². The Balaban J connectivity index is 1.75. The highest BCUT2D eigenvalue weighted by molar-refractivity contribution is 8.00. The first-order valence-electron chi connectivity index (χ1n) is 8.43. The number of anilines is 1. The summed E-state index contributed by atoms with van der Waals surface area (Å²) in [5, 5.41) is 2.02. The van der Waals surface area contributed by atoms with E-state index in [1.54, 1.807) is 25.6 Å². The van der Waals surface area contributed by atoms with Gasteiger partial charge in [-0.05, 0) is 53.9 Å². The molecule has 0 saturated carbocycles. The molecule has 0 aliphatic rings. The van der Waals surface area contributed by atoms with Crippen molar-refractivity contribution in [2.45, 2.75) is 11.4 Å². The van der Waals surface area contributed by atoms with Gasteiger partial charge < -0.3 is 14.4 Å². The number of hydrogen-bond donors (Lipinski definition) is 0. The second-order valence-electron chi connectivity index (χ2n) is 5.72. The number of hydrogen-bond acceptors (Lipinski definition) is 5. The summed E-state index contributed by atoms with van der Waals surface area (Å²) in [5.41, 5.74) is 0.862. The molecule has 1 amide bonds. The fraction of sp³-hybridized carbons (Fsp3) is 0.190. The van der Waals surface area contributed by atoms with Gasteiger partial charge in [-0.25, -0.2) is 0 Å². The summed E-state index contributed by atoms with van der Waals surface area (Å²) in [4.78, 5) is 17.0. The molecule has 3 aromatic rings. The van der Waals surface area contributed by atoms with Gasteiger partial charge >= 0.3 is 0 Å². The quantitative estimate of drug-likeness (QED) is 0.495. The number of thioether (sulfide) groups is 1. The molecule has 0 radical (unpaired) electrons. The van der Waals surface area contributed by atoms with Crippen LogP contribution in [0, 0.1) is 0 Å². The smallest absolute Gasteiger partial charge is 0.237 e. The maximum absolute atomic E-state index is 13.0. The van der Waals surface area contributed by atoms with Gasteiger partial charge in [0.2, 0.25) is 5.91 Å². The number of thiophene rings is 1. The largest absolute Gasteiger partial charge is 0.497 e. The Morgan fingerprint density at radius 3 is 2.44 bits per heavy atom. The Morgan fingerprint density at radius 1 is 1.00 bits per heavy atom. The zero-order valence-electron chi connectivity index (χ0n) is 15.3. The predicted molar refractivity (Wildman–Crippen MR) is 112 cm³/mol. The van der Waals surface area contributed by atoms with E-state index in [4.69, 9.17) is 9.47 Å². The molecule has 6 heteroatoms. The van der Waals surface area contributed by atoms with Gasteiger partial charge in [0, 0.05) is 15.5 Å². The summed E-state index contributed by atoms with van der Waals surface area (Å²) in [6, 6.07) is 19.4. The van der Waals surface area contributed by atoms with Crippen LogP contribution in [0.4, 0.5) is 5.69 Å². The first-order valence-corrected chi connectivity index (χ1v) is 10.3. The van der Waals surface area contributed by atoms with E-state index in [1.807, 2.05) is 70.9 Å². The molecule has 0 spiro atoms. The monoisotopic (exact) mass is 399 g/mol. The summed E-state index contributed by atoms with van der Waals surface area (Å²) < 4.78 is 10.5. The minimum absolute atomic E-state index is 0.0568. The highest BCUT2D eigenvalue weighted by Crippen LogP contribution is 2.26. The molecule has 0 bridgehead atoms. The average molecular weight is 400 g/mol. The van der Waals surface area contributed by atoms with Crippen molar-refractivity contribution in [1.82, 2.24) is 0 Å². The van der Waals surface area contributed by atoms with E-state index in [-0.39, 0.29) is 5.91 Å². The standard InChI is InChI=1S/C21H21NO3S2/c1-24-17-10-8-16(9-11-17)22(14-20-7-4-12-26-20)21(23)15-27-19-6-3-5-18(13-19)25-2/h3-13H,14-15H2,1-2H3. The third-order valence-corrected chi connectivity index (χ3v) is 5.82. The number of carbonyl (C=O) groups excluding carboxylic acids is 1. The fourth-order valence-corrected chi connectivity index (χ4v) is 4.07. The van der Waals surface area contributed by atoms with E-state index in [1.165, 1.54) is 11.8 Å². The lowest BCUT2D eigenvalue weighted by Gasteiger charge is -2.22. The predicted octanol–water partition coefficient (Wildman–Crippen LogP) is 5.09. The molecule has 0 atom stereocenters. The van der Waals surface area contributed by atoms with Gasteiger partial charge in [-0.2, -0.15) is 0 Å². The topological polar surface area (TPSA) is 38.8 Å². The Bertz CT molecular complexity index is 863. The van der Waals surface area contributed by atoms with Crippen molar-refractivity contribution in [3.05, 3.63) is 70.9 Å². The van der Waals surface area contributed by atoms with Crippen LogP contribution in [0.25, 0.3) is 0 Å². The molecule has 1 heterocycles. The zero-order valence-corrected chi connectivity index (χ0v) is 16.9. The van der Waals surface area contributed by atoms with E-state index < -0.39 is 0 Å². The lowest BCUT2D eigenvalue weighted by Crippen LogP contribution is -2.31. The normalized spacial score (nSPS) is 10.4. The van der Waals surface area contributed by atoms with Crippen molar-refractivity contribution in [3.8, 4) is 11.5 Å². The number of carbonyl (C=O) groups is 1. The average Bonchev–Trinajstić information content (AvgIpc) is 3.24. The minimum Gasteiger partial charge on any atom is -0.497 e. The lowest BCUT2D eigenvalue weighted by atomic mass is 10.2. The van der Waals surface area contributed by atoms with E-state index in [0.717, 1.165) is 27.0 Å². The summed E-state index contributed by atoms with van der Waals surface area (Å²) in [5.74, 6) is 1.97. The molecule has 1 aromatic heterocycles. The molecule has 0 aliphatic heterocycles. The molecule has 3 rings (SSSR count). The minimum atomic E-state index is 0.0568. The summed E-state index contributed by atoms with van der Waals surface area (Å²) >= 11 is 3.16. The van der Waals surface area contributed by atoms with Gasteiger partial charge in [-0.15, -0.1) is 23.1 Å². The van der Waals surface area contributed by atoms with Crippen LogP contribution in [0.1, 0.15) is 4.88 Å². The molecule has 2 aromatic carbocycles. The molecule has 0 N–H and O–H groups in total. The summed E-state index contributed by atoms with van der Waals surface area (Å²) in [6.07, 6.45) is 0. The van der Waals surface area contributed by atoms with E-state index in [0.29, 0.717) is 12.3 Å². The molecule has 0 saturated heterocycles. The van der Waals surface area contributed by atoms with Crippen molar-refractivity contribution >= 4 is 34.7 Å². The van der Waals surface area contributed by atoms with Crippen molar-refractivity contribution in [1.29, 1.82) is 0 Å². The summed E-state index contributed by atoms with van der Waals surface area (Å²) in [6.45, 7) is 0.557. The Hall–Kier alpha value is -2.44. The van der Waals surface area contributed by atoms with Gasteiger partial charge in [0.1, 0.15) is 11.5 Å². The number of amides is 1. The maximum Gasteiger partial charge on any atom is 0.237 e. The molecule has 4 nitrogen and oxygen atoms in total. The SMILES string of the molecule is COc1ccc(N(Cc2cccs2)C(=O)CSc2cccc(OC)c2)cc1. The Labute approximate surface area is 167 Å². The summed E-state index contributed by atoms with van der Waals surface area (Å²) in [7, 11) is 3.27. The van der Waals surface area contributed by atoms with Crippen molar-refractivity contribution < 1.29 is 14.3 Å². The third-order valence-electron chi connectivity index (χ3n) is 3.98. The number of benzene rings is 2. The van der Waals surface area contributed by atoms with Crippen LogP contribution in [0.15, 0.2) is 70.9 Å². The van der Waals surface area contributed by atoms with Crippen LogP contribution >= 0.6 is 23.1 Å². The number of ether oxygens (including phenoxy) is 2. The number of nitrogens with zero attached hydrogens (tertiary/aromatic N) is 1. The molecular weight excluding hydrogens is 378 g/mol. The van der Waals surface area contributed by atoms with Gasteiger partial charge in [0.05, 0.1) is 26.5 Å². The Kier molecular flexibility index (Phi) is 6.79. The molecule has 0 aliphatic carbocycles. The lowest BCUT2D eigenvalue weighted by molar-refractivity contribution is -0.116. The molecule has 0 unspecified atom stereocenters. The highest BCUT2D eigenvalue weighted by atomic mass is 32.2. The van der Waals surface area contributed by atoms with Crippen LogP contribution in [0.2, 0.25) is 0 Å². The van der Waals surface area contributed by atoms with Gasteiger partial charge in [0.15, 0.2) is 0 Å². The molecule has 27 heavy (non-hydrogen) atoms. The third kappa shape index (κ3) is 5.28. The second kappa shape index (κ2) is 9.48. The second-order valence-corrected chi connectivity index (χ2v) is 7.81. The van der Waals surface area contributed by atoms with Crippen LogP contribution < -0.4 is 14.4 Å². The van der Waals surface area contributed by atoms with Gasteiger partial charge in [0.25, 0.3) is 0 Å². The highest BCUT2D eigenvalue weighted by Gasteiger charge is 2.17. The van der Waals surface area contributed by atoms with Gasteiger partial charge in [-0.1, -0.05) is 12.1 Å². The number of methoxy groups -OCH3 is 2. The molecular formula is C21H21NO3S2. The van der Waals surface area contributed by atoms with E-state index in [9.17, 15) is 4.79 Å². The molecule has 0 fully saturated rings. The Morgan fingerprint density at radius 2 is 1.78 bits per heavy atom. The van der Waals surface area contributed by atoms with Crippen LogP contribution in [-0.4, -0.2) is 25.9 Å². The molecule has 140 valence electrons. The maximum atomic E-state index is 13.0. The zero-order chi connectivity index (χ0) is 19.1. The van der Waals surface area contributed by atoms with E-state index in [2.05, 4.69) is 0 Å². The van der Waals surface area contributed by atoms with Crippen LogP contribution in [-0.2, 0) is 11.3 Å². The van der Waals surface area contributed by atoms with Crippen molar-refractivity contribution in [2.75, 3.05) is 24.9 Å². The first-order chi connectivity index (χ1) is 13.2. The van der Waals surface area contributed by atoms with Crippen LogP contribution in [0.5, 0.6) is 11.5 Å². The van der Waals surface area contributed by atoms with E-state index >= 15 is 0 Å². The number of rotatable bonds is 8. The van der Waals surface area contributed by atoms with Gasteiger partial charge in [-0.3, -0.25) is 4.79 Å². The van der Waals surface area contributed by atoms with Crippen LogP contribution in [0.3, 0.4) is 0 Å².